The van der Waals surface area contributed by atoms with Gasteiger partial charge in [0.25, 0.3) is 0 Å². The van der Waals surface area contributed by atoms with Crippen molar-refractivity contribution in [3.63, 3.8) is 0 Å². The Balaban J connectivity index is 3.07. The molecule has 0 fully saturated rings. The second-order valence-corrected chi connectivity index (χ2v) is 5.11. The molecule has 0 radical (unpaired) electrons. The highest BCUT2D eigenvalue weighted by molar-refractivity contribution is 14.1. The van der Waals surface area contributed by atoms with Crippen molar-refractivity contribution >= 4 is 34.2 Å². The van der Waals surface area contributed by atoms with E-state index >= 15 is 0 Å². The number of carbonyl (C=O) groups excluding carboxylic acids is 1. The normalized spacial score (nSPS) is 10.8. The fourth-order valence-corrected chi connectivity index (χ4v) is 2.43. The monoisotopic (exact) mass is 375 g/mol. The molecule has 0 amide bonds. The summed E-state index contributed by atoms with van der Waals surface area (Å²) in [6.07, 6.45) is 0. The van der Waals surface area contributed by atoms with Gasteiger partial charge in [0.2, 0.25) is 0 Å². The van der Waals surface area contributed by atoms with Crippen molar-refractivity contribution in [3.05, 3.63) is 26.8 Å². The summed E-state index contributed by atoms with van der Waals surface area (Å²) < 4.78 is 5.60. The molecular weight excluding hydrogens is 357 g/mol. The quantitative estimate of drug-likeness (QED) is 0.341. The van der Waals surface area contributed by atoms with Crippen LogP contribution in [-0.2, 0) is 4.74 Å². The first-order valence-corrected chi connectivity index (χ1v) is 7.16. The molecule has 1 aromatic rings. The highest BCUT2D eigenvalue weighted by Gasteiger charge is 2.11. The molecule has 0 N–H and O–H groups in total. The summed E-state index contributed by atoms with van der Waals surface area (Å²) in [5.74, 6) is -0.340. The van der Waals surface area contributed by atoms with Crippen molar-refractivity contribution in [1.29, 1.82) is 0 Å². The summed E-state index contributed by atoms with van der Waals surface area (Å²) in [5.41, 5.74) is 2.23. The van der Waals surface area contributed by atoms with E-state index in [-0.39, 0.29) is 5.97 Å². The average Bonchev–Trinajstić information content (AvgIpc) is 2.41. The zero-order valence-corrected chi connectivity index (χ0v) is 13.8. The Morgan fingerprint density at radius 3 is 2.47 bits per heavy atom. The Hall–Kier alpha value is -1.18. The smallest absolute Gasteiger partial charge is 0.337 e. The van der Waals surface area contributed by atoms with Crippen LogP contribution < -0.4 is 0 Å². The average molecular weight is 375 g/mol. The van der Waals surface area contributed by atoms with Crippen LogP contribution in [0.2, 0.25) is 0 Å². The van der Waals surface area contributed by atoms with Crippen LogP contribution in [0, 0.1) is 10.5 Å². The molecule has 0 bridgehead atoms. The van der Waals surface area contributed by atoms with E-state index in [2.05, 4.69) is 32.9 Å². The first-order valence-electron chi connectivity index (χ1n) is 6.08. The number of rotatable bonds is 5. The molecule has 0 saturated heterocycles. The highest BCUT2D eigenvalue weighted by atomic mass is 127. The SMILES string of the molecule is CCN(CC)N=Nc1c(C)cc(C(=O)OC)cc1I. The lowest BCUT2D eigenvalue weighted by molar-refractivity contribution is 0.0600. The maximum absolute atomic E-state index is 11.5. The second-order valence-electron chi connectivity index (χ2n) is 3.94. The molecule has 1 aromatic carbocycles. The van der Waals surface area contributed by atoms with Gasteiger partial charge in [0.05, 0.1) is 12.7 Å². The van der Waals surface area contributed by atoms with E-state index in [1.54, 1.807) is 12.1 Å². The largest absolute Gasteiger partial charge is 0.465 e. The first kappa shape index (κ1) is 15.9. The minimum absolute atomic E-state index is 0.340. The molecule has 6 heteroatoms. The number of hydrogen-bond acceptors (Lipinski definition) is 4. The summed E-state index contributed by atoms with van der Waals surface area (Å²) in [4.78, 5) is 11.5. The van der Waals surface area contributed by atoms with E-state index in [1.807, 2.05) is 25.8 Å². The summed E-state index contributed by atoms with van der Waals surface area (Å²) in [6.45, 7) is 7.60. The van der Waals surface area contributed by atoms with Gasteiger partial charge in [-0.3, -0.25) is 5.01 Å². The van der Waals surface area contributed by atoms with Gasteiger partial charge in [0, 0.05) is 16.7 Å². The Morgan fingerprint density at radius 1 is 1.37 bits per heavy atom. The second kappa shape index (κ2) is 7.42. The van der Waals surface area contributed by atoms with Crippen LogP contribution in [0.1, 0.15) is 29.8 Å². The number of benzene rings is 1. The maximum atomic E-state index is 11.5. The molecule has 104 valence electrons. The third-order valence-corrected chi connectivity index (χ3v) is 3.50. The molecule has 5 nitrogen and oxygen atoms in total. The van der Waals surface area contributed by atoms with Gasteiger partial charge in [0.1, 0.15) is 5.69 Å². The van der Waals surface area contributed by atoms with Crippen LogP contribution in [0.5, 0.6) is 0 Å². The summed E-state index contributed by atoms with van der Waals surface area (Å²) in [5, 5.41) is 10.3. The van der Waals surface area contributed by atoms with E-state index in [0.29, 0.717) is 5.56 Å². The Kier molecular flexibility index (Phi) is 6.20. The Labute approximate surface area is 127 Å². The fraction of sp³-hybridized carbons (Fsp3) is 0.462. The molecule has 0 aliphatic carbocycles. The third-order valence-electron chi connectivity index (χ3n) is 2.68. The van der Waals surface area contributed by atoms with Gasteiger partial charge in [-0.25, -0.2) is 4.79 Å². The Bertz CT molecular complexity index is 462. The van der Waals surface area contributed by atoms with Crippen molar-refractivity contribution in [2.45, 2.75) is 20.8 Å². The van der Waals surface area contributed by atoms with Crippen LogP contribution in [0.4, 0.5) is 5.69 Å². The van der Waals surface area contributed by atoms with Gasteiger partial charge in [-0.1, -0.05) is 5.22 Å². The number of aryl methyl sites for hydroxylation is 1. The number of ether oxygens (including phenoxy) is 1. The molecule has 0 heterocycles. The molecule has 0 aliphatic heterocycles. The van der Waals surface area contributed by atoms with Gasteiger partial charge in [0.15, 0.2) is 0 Å². The van der Waals surface area contributed by atoms with E-state index < -0.39 is 0 Å². The molecule has 0 spiro atoms. The van der Waals surface area contributed by atoms with Crippen LogP contribution in [0.25, 0.3) is 0 Å². The molecule has 0 unspecified atom stereocenters. The number of esters is 1. The number of methoxy groups -OCH3 is 1. The highest BCUT2D eigenvalue weighted by Crippen LogP contribution is 2.28. The van der Waals surface area contributed by atoms with Crippen LogP contribution >= 0.6 is 22.6 Å². The van der Waals surface area contributed by atoms with Crippen molar-refractivity contribution in [3.8, 4) is 0 Å². The van der Waals surface area contributed by atoms with Crippen LogP contribution in [-0.4, -0.2) is 31.2 Å². The predicted octanol–water partition coefficient (Wildman–Crippen LogP) is 3.73. The first-order chi connectivity index (χ1) is 9.03. The minimum Gasteiger partial charge on any atom is -0.465 e. The molecule has 0 aliphatic rings. The number of carbonyl (C=O) groups is 1. The fourth-order valence-electron chi connectivity index (χ4n) is 1.56. The topological polar surface area (TPSA) is 54.3 Å². The molecule has 0 aromatic heterocycles. The van der Waals surface area contributed by atoms with E-state index in [1.165, 1.54) is 7.11 Å². The molecule has 19 heavy (non-hydrogen) atoms. The van der Waals surface area contributed by atoms with Gasteiger partial charge >= 0.3 is 5.97 Å². The van der Waals surface area contributed by atoms with Crippen molar-refractivity contribution < 1.29 is 9.53 Å². The summed E-state index contributed by atoms with van der Waals surface area (Å²) in [7, 11) is 1.37. The zero-order chi connectivity index (χ0) is 14.4. The molecular formula is C13H18IN3O2. The number of halogens is 1. The molecule has 1 rings (SSSR count). The third kappa shape index (κ3) is 4.15. The Morgan fingerprint density at radius 2 is 2.00 bits per heavy atom. The number of nitrogens with zero attached hydrogens (tertiary/aromatic N) is 3. The summed E-state index contributed by atoms with van der Waals surface area (Å²) >= 11 is 2.15. The van der Waals surface area contributed by atoms with Crippen LogP contribution in [0.15, 0.2) is 22.5 Å². The number of hydrogen-bond donors (Lipinski definition) is 0. The van der Waals surface area contributed by atoms with E-state index in [4.69, 9.17) is 4.74 Å². The van der Waals surface area contributed by atoms with Crippen molar-refractivity contribution in [2.24, 2.45) is 10.3 Å². The predicted molar refractivity (Wildman–Crippen MR) is 82.7 cm³/mol. The standard InChI is InChI=1S/C13H18IN3O2/c1-5-17(6-2)16-15-12-9(3)7-10(8-11(12)14)13(18)19-4/h7-8H,5-6H2,1-4H3. The van der Waals surface area contributed by atoms with E-state index in [0.717, 1.165) is 27.9 Å². The zero-order valence-electron chi connectivity index (χ0n) is 11.6. The van der Waals surface area contributed by atoms with Crippen molar-refractivity contribution in [2.75, 3.05) is 20.2 Å². The van der Waals surface area contributed by atoms with Gasteiger partial charge < -0.3 is 4.74 Å². The van der Waals surface area contributed by atoms with Crippen molar-refractivity contribution in [1.82, 2.24) is 5.01 Å². The van der Waals surface area contributed by atoms with Gasteiger partial charge in [-0.2, -0.15) is 0 Å². The van der Waals surface area contributed by atoms with Gasteiger partial charge in [-0.15, -0.1) is 5.11 Å². The van der Waals surface area contributed by atoms with E-state index in [9.17, 15) is 4.79 Å². The summed E-state index contributed by atoms with van der Waals surface area (Å²) in [6, 6.07) is 3.53. The minimum atomic E-state index is -0.340. The molecule has 0 saturated carbocycles. The molecule has 0 atom stereocenters. The van der Waals surface area contributed by atoms with Gasteiger partial charge in [-0.05, 0) is 61.1 Å². The van der Waals surface area contributed by atoms with Crippen LogP contribution in [0.3, 0.4) is 0 Å². The maximum Gasteiger partial charge on any atom is 0.337 e. The lowest BCUT2D eigenvalue weighted by Gasteiger charge is -2.12. The lowest BCUT2D eigenvalue weighted by Crippen LogP contribution is -2.14. The lowest BCUT2D eigenvalue weighted by atomic mass is 10.1.